The molecule has 0 aliphatic carbocycles. The van der Waals surface area contributed by atoms with Gasteiger partial charge in [0.25, 0.3) is 0 Å². The van der Waals surface area contributed by atoms with Crippen molar-refractivity contribution >= 4 is 17.2 Å². The number of hydrogen-bond acceptors (Lipinski definition) is 7. The van der Waals surface area contributed by atoms with Crippen molar-refractivity contribution in [2.24, 2.45) is 0 Å². The molecule has 7 heteroatoms. The molecule has 0 saturated carbocycles. The second-order valence-electron chi connectivity index (χ2n) is 9.06. The molecule has 4 heterocycles. The maximum Gasteiger partial charge on any atom is 0.193 e. The van der Waals surface area contributed by atoms with E-state index in [0.29, 0.717) is 11.1 Å². The van der Waals surface area contributed by atoms with Gasteiger partial charge in [0.1, 0.15) is 0 Å². The fourth-order valence-electron chi connectivity index (χ4n) is 4.10. The quantitative estimate of drug-likeness (QED) is 0.373. The molecule has 4 unspecified atom stereocenters. The summed E-state index contributed by atoms with van der Waals surface area (Å²) in [5.41, 5.74) is 3.47. The van der Waals surface area contributed by atoms with E-state index >= 15 is 0 Å². The molecule has 7 nitrogen and oxygen atoms in total. The van der Waals surface area contributed by atoms with Crippen LogP contribution in [0.1, 0.15) is 15.9 Å². The molecule has 0 spiro atoms. The third kappa shape index (κ3) is 5.13. The molecule has 2 aromatic rings. The number of rotatable bonds is 12. The van der Waals surface area contributed by atoms with Crippen LogP contribution in [0.5, 0.6) is 0 Å². The van der Waals surface area contributed by atoms with Gasteiger partial charge in [-0.05, 0) is 24.3 Å². The molecule has 0 aromatic heterocycles. The number of carbonyl (C=O) groups excluding carboxylic acids is 1. The predicted molar refractivity (Wildman–Crippen MR) is 120 cm³/mol. The molecule has 6 rings (SSSR count). The molecule has 4 fully saturated rings. The van der Waals surface area contributed by atoms with Gasteiger partial charge in [0.15, 0.2) is 5.78 Å². The van der Waals surface area contributed by atoms with E-state index in [0.717, 1.165) is 64.0 Å². The fourth-order valence-corrected chi connectivity index (χ4v) is 4.10. The first-order chi connectivity index (χ1) is 15.7. The van der Waals surface area contributed by atoms with E-state index in [-0.39, 0.29) is 30.2 Å². The lowest BCUT2D eigenvalue weighted by Gasteiger charge is -2.24. The summed E-state index contributed by atoms with van der Waals surface area (Å²) < 4.78 is 21.7. The van der Waals surface area contributed by atoms with Crippen LogP contribution < -0.4 is 9.80 Å². The number of epoxide rings is 4. The fraction of sp³-hybridized carbons (Fsp3) is 0.480. The van der Waals surface area contributed by atoms with Gasteiger partial charge in [-0.3, -0.25) is 4.79 Å². The van der Waals surface area contributed by atoms with Gasteiger partial charge in [0.2, 0.25) is 0 Å². The average Bonchev–Trinajstić information content (AvgIpc) is 3.63. The van der Waals surface area contributed by atoms with Crippen LogP contribution in [0.3, 0.4) is 0 Å². The molecule has 0 N–H and O–H groups in total. The second-order valence-corrected chi connectivity index (χ2v) is 9.06. The van der Waals surface area contributed by atoms with E-state index in [1.165, 1.54) is 0 Å². The molecule has 0 radical (unpaired) electrons. The first kappa shape index (κ1) is 20.2. The van der Waals surface area contributed by atoms with E-state index < -0.39 is 0 Å². The maximum absolute atomic E-state index is 13.4. The highest BCUT2D eigenvalue weighted by Gasteiger charge is 2.32. The van der Waals surface area contributed by atoms with Crippen molar-refractivity contribution in [1.29, 1.82) is 0 Å². The number of nitrogens with zero attached hydrogens (tertiary/aromatic N) is 2. The van der Waals surface area contributed by atoms with Gasteiger partial charge in [-0.25, -0.2) is 0 Å². The Morgan fingerprint density at radius 2 is 1.00 bits per heavy atom. The minimum absolute atomic E-state index is 0.0317. The van der Waals surface area contributed by atoms with Crippen molar-refractivity contribution in [2.45, 2.75) is 24.4 Å². The number of hydrogen-bond donors (Lipinski definition) is 0. The monoisotopic (exact) mass is 436 g/mol. The summed E-state index contributed by atoms with van der Waals surface area (Å²) in [5, 5.41) is 0. The van der Waals surface area contributed by atoms with Gasteiger partial charge in [-0.15, -0.1) is 0 Å². The van der Waals surface area contributed by atoms with Crippen LogP contribution in [0.2, 0.25) is 0 Å². The highest BCUT2D eigenvalue weighted by Crippen LogP contribution is 2.27. The normalized spacial score (nSPS) is 27.0. The second kappa shape index (κ2) is 8.48. The molecule has 0 amide bonds. The van der Waals surface area contributed by atoms with Crippen LogP contribution in [-0.4, -0.2) is 82.8 Å². The predicted octanol–water partition coefficient (Wildman–Crippen LogP) is 2.13. The highest BCUT2D eigenvalue weighted by atomic mass is 16.6. The van der Waals surface area contributed by atoms with E-state index in [2.05, 4.69) is 21.9 Å². The maximum atomic E-state index is 13.4. The van der Waals surface area contributed by atoms with Crippen molar-refractivity contribution in [3.8, 4) is 0 Å². The Balaban J connectivity index is 1.21. The molecule has 4 atom stereocenters. The Bertz CT molecular complexity index is 876. The Labute approximate surface area is 187 Å². The van der Waals surface area contributed by atoms with E-state index in [1.807, 2.05) is 36.4 Å². The minimum Gasteiger partial charge on any atom is -0.371 e. The summed E-state index contributed by atoms with van der Waals surface area (Å²) in [5.74, 6) is 0.0317. The zero-order valence-electron chi connectivity index (χ0n) is 18.0. The van der Waals surface area contributed by atoms with Gasteiger partial charge >= 0.3 is 0 Å². The Hall–Kier alpha value is -2.45. The molecule has 2 aromatic carbocycles. The van der Waals surface area contributed by atoms with Crippen LogP contribution >= 0.6 is 0 Å². The van der Waals surface area contributed by atoms with Crippen LogP contribution in [0.25, 0.3) is 0 Å². The summed E-state index contributed by atoms with van der Waals surface area (Å²) in [6.45, 7) is 6.54. The van der Waals surface area contributed by atoms with Crippen LogP contribution in [0.4, 0.5) is 11.4 Å². The van der Waals surface area contributed by atoms with Gasteiger partial charge in [-0.1, -0.05) is 24.3 Å². The third-order valence-electron chi connectivity index (χ3n) is 6.25. The van der Waals surface area contributed by atoms with Crippen molar-refractivity contribution in [1.82, 2.24) is 0 Å². The molecule has 0 bridgehead atoms. The van der Waals surface area contributed by atoms with Crippen molar-refractivity contribution < 1.29 is 23.7 Å². The van der Waals surface area contributed by atoms with E-state index in [4.69, 9.17) is 18.9 Å². The summed E-state index contributed by atoms with van der Waals surface area (Å²) >= 11 is 0. The van der Waals surface area contributed by atoms with Crippen molar-refractivity contribution in [3.63, 3.8) is 0 Å². The summed E-state index contributed by atoms with van der Waals surface area (Å²) in [6, 6.07) is 15.8. The van der Waals surface area contributed by atoms with Crippen LogP contribution in [0.15, 0.2) is 48.5 Å². The summed E-state index contributed by atoms with van der Waals surface area (Å²) in [4.78, 5) is 17.9. The first-order valence-corrected chi connectivity index (χ1v) is 11.4. The van der Waals surface area contributed by atoms with Gasteiger partial charge < -0.3 is 28.7 Å². The van der Waals surface area contributed by atoms with Crippen molar-refractivity contribution in [2.75, 3.05) is 62.4 Å². The molecule has 168 valence electrons. The van der Waals surface area contributed by atoms with Crippen molar-refractivity contribution in [3.05, 3.63) is 59.7 Å². The number of carbonyl (C=O) groups is 1. The van der Waals surface area contributed by atoms with Gasteiger partial charge in [-0.2, -0.15) is 0 Å². The molecule has 32 heavy (non-hydrogen) atoms. The number of anilines is 2. The minimum atomic E-state index is 0.0317. The van der Waals surface area contributed by atoms with Gasteiger partial charge in [0, 0.05) is 48.7 Å². The lowest BCUT2D eigenvalue weighted by molar-refractivity contribution is 0.103. The largest absolute Gasteiger partial charge is 0.371 e. The Morgan fingerprint density at radius 1 is 0.656 bits per heavy atom. The molecule has 4 aliphatic heterocycles. The SMILES string of the molecule is O=C(c1cccc(N(CC2CO2)CC2CO2)c1)c1cccc(N(CC2CO2)CC2CO2)c1. The molecule has 4 aliphatic rings. The lowest BCUT2D eigenvalue weighted by atomic mass is 10.0. The lowest BCUT2D eigenvalue weighted by Crippen LogP contribution is -2.32. The van der Waals surface area contributed by atoms with Crippen LogP contribution in [-0.2, 0) is 18.9 Å². The van der Waals surface area contributed by atoms with E-state index in [1.54, 1.807) is 0 Å². The topological polar surface area (TPSA) is 73.7 Å². The zero-order valence-corrected chi connectivity index (χ0v) is 18.0. The highest BCUT2D eigenvalue weighted by molar-refractivity contribution is 6.09. The molecular weight excluding hydrogens is 408 g/mol. The average molecular weight is 437 g/mol. The van der Waals surface area contributed by atoms with Gasteiger partial charge in [0.05, 0.1) is 50.8 Å². The number of benzene rings is 2. The first-order valence-electron chi connectivity index (χ1n) is 11.4. The van der Waals surface area contributed by atoms with E-state index in [9.17, 15) is 4.79 Å². The Morgan fingerprint density at radius 3 is 1.31 bits per heavy atom. The van der Waals surface area contributed by atoms with Crippen LogP contribution in [0, 0.1) is 0 Å². The Kier molecular flexibility index (Phi) is 5.35. The molecule has 4 saturated heterocycles. The third-order valence-corrected chi connectivity index (χ3v) is 6.25. The molecular formula is C25H28N2O5. The smallest absolute Gasteiger partial charge is 0.193 e. The standard InChI is InChI=1S/C25H28N2O5/c28-25(17-3-1-5-19(7-17)26(9-21-13-29-21)10-22-14-30-22)18-4-2-6-20(8-18)27(11-23-15-31-23)12-24-16-32-24/h1-8,21-24H,9-16H2. The summed E-state index contributed by atoms with van der Waals surface area (Å²) in [7, 11) is 0. The zero-order chi connectivity index (χ0) is 21.5. The number of ether oxygens (including phenoxy) is 4. The summed E-state index contributed by atoms with van der Waals surface area (Å²) in [6.07, 6.45) is 1.12. The number of ketones is 1.